The minimum absolute atomic E-state index is 0.400. The van der Waals surface area contributed by atoms with E-state index >= 15 is 0 Å². The van der Waals surface area contributed by atoms with E-state index < -0.39 is 0 Å². The Morgan fingerprint density at radius 3 is 2.45 bits per heavy atom. The monoisotopic (exact) mass is 297 g/mol. The molecule has 0 aromatic heterocycles. The molecule has 1 aliphatic carbocycles. The summed E-state index contributed by atoms with van der Waals surface area (Å²) in [6.07, 6.45) is 4.80. The van der Waals surface area contributed by atoms with Gasteiger partial charge < -0.3 is 14.8 Å². The van der Waals surface area contributed by atoms with Crippen molar-refractivity contribution in [2.24, 2.45) is 5.92 Å². The van der Waals surface area contributed by atoms with Gasteiger partial charge in [0.05, 0.1) is 14.2 Å². The molecule has 0 spiro atoms. The van der Waals surface area contributed by atoms with Crippen molar-refractivity contribution in [3.63, 3.8) is 0 Å². The molecule has 1 aliphatic rings. The van der Waals surface area contributed by atoms with Crippen LogP contribution in [0, 0.1) is 5.92 Å². The van der Waals surface area contributed by atoms with Crippen LogP contribution < -0.4 is 14.8 Å². The van der Waals surface area contributed by atoms with E-state index in [1.165, 1.54) is 18.4 Å². The Bertz CT molecular complexity index is 417. The fourth-order valence-electron chi connectivity index (χ4n) is 2.74. The first-order valence-corrected chi connectivity index (χ1v) is 7.72. The average Bonchev–Trinajstić information content (AvgIpc) is 2.49. The quantitative estimate of drug-likeness (QED) is 0.814. The van der Waals surface area contributed by atoms with E-state index in [1.54, 1.807) is 14.2 Å². The van der Waals surface area contributed by atoms with Crippen LogP contribution >= 0.6 is 11.6 Å². The zero-order chi connectivity index (χ0) is 14.4. The third-order valence-corrected chi connectivity index (χ3v) is 4.42. The van der Waals surface area contributed by atoms with Crippen LogP contribution in [-0.4, -0.2) is 26.1 Å². The van der Waals surface area contributed by atoms with Gasteiger partial charge in [0, 0.05) is 11.9 Å². The van der Waals surface area contributed by atoms with E-state index in [0.29, 0.717) is 5.38 Å². The Kier molecular flexibility index (Phi) is 5.99. The molecule has 0 amide bonds. The van der Waals surface area contributed by atoms with Gasteiger partial charge in [0.1, 0.15) is 0 Å². The van der Waals surface area contributed by atoms with Gasteiger partial charge in [-0.05, 0) is 55.8 Å². The van der Waals surface area contributed by atoms with Gasteiger partial charge in [-0.2, -0.15) is 0 Å². The molecule has 4 heteroatoms. The third kappa shape index (κ3) is 4.29. The maximum atomic E-state index is 6.13. The Hall–Kier alpha value is -0.930. The maximum absolute atomic E-state index is 6.13. The normalized spacial score (nSPS) is 22.6. The fourth-order valence-corrected chi connectivity index (χ4v) is 2.99. The molecule has 2 rings (SSSR count). The standard InChI is InChI=1S/C16H24ClNO2/c1-19-15-8-5-13(9-16(15)20-2)11-18-10-12-3-6-14(17)7-4-12/h5,8-9,12,14,18H,3-4,6-7,10-11H2,1-2H3. The van der Waals surface area contributed by atoms with Crippen LogP contribution in [0.5, 0.6) is 11.5 Å². The van der Waals surface area contributed by atoms with Crippen molar-refractivity contribution >= 4 is 11.6 Å². The lowest BCUT2D eigenvalue weighted by Gasteiger charge is -2.25. The molecule has 0 radical (unpaired) electrons. The van der Waals surface area contributed by atoms with Gasteiger partial charge in [-0.15, -0.1) is 11.6 Å². The molecular formula is C16H24ClNO2. The van der Waals surface area contributed by atoms with Gasteiger partial charge in [0.25, 0.3) is 0 Å². The van der Waals surface area contributed by atoms with Crippen LogP contribution in [0.1, 0.15) is 31.2 Å². The minimum atomic E-state index is 0.400. The van der Waals surface area contributed by atoms with Crippen LogP contribution in [0.3, 0.4) is 0 Å². The van der Waals surface area contributed by atoms with Crippen LogP contribution in [-0.2, 0) is 6.54 Å². The summed E-state index contributed by atoms with van der Waals surface area (Å²) in [6.45, 7) is 1.93. The molecule has 0 unspecified atom stereocenters. The van der Waals surface area contributed by atoms with Crippen LogP contribution in [0.2, 0.25) is 0 Å². The predicted octanol–water partition coefficient (Wildman–Crippen LogP) is 3.59. The summed E-state index contributed by atoms with van der Waals surface area (Å²) in [5.41, 5.74) is 1.22. The Balaban J connectivity index is 1.79. The Morgan fingerprint density at radius 1 is 1.10 bits per heavy atom. The molecule has 1 saturated carbocycles. The summed E-state index contributed by atoms with van der Waals surface area (Å²) >= 11 is 6.13. The summed E-state index contributed by atoms with van der Waals surface area (Å²) in [5, 5.41) is 3.94. The zero-order valence-corrected chi connectivity index (χ0v) is 13.1. The van der Waals surface area contributed by atoms with Crippen molar-refractivity contribution in [1.29, 1.82) is 0 Å². The molecular weight excluding hydrogens is 274 g/mol. The Labute approximate surface area is 126 Å². The van der Waals surface area contributed by atoms with Crippen molar-refractivity contribution in [3.8, 4) is 11.5 Å². The number of halogens is 1. The highest BCUT2D eigenvalue weighted by molar-refractivity contribution is 6.20. The van der Waals surface area contributed by atoms with Crippen LogP contribution in [0.4, 0.5) is 0 Å². The van der Waals surface area contributed by atoms with E-state index in [2.05, 4.69) is 11.4 Å². The van der Waals surface area contributed by atoms with Gasteiger partial charge in [-0.1, -0.05) is 6.07 Å². The lowest BCUT2D eigenvalue weighted by atomic mass is 9.89. The second-order valence-corrected chi connectivity index (χ2v) is 6.06. The number of methoxy groups -OCH3 is 2. The second-order valence-electron chi connectivity index (χ2n) is 5.44. The van der Waals surface area contributed by atoms with Crippen molar-refractivity contribution in [1.82, 2.24) is 5.32 Å². The zero-order valence-electron chi connectivity index (χ0n) is 12.3. The maximum Gasteiger partial charge on any atom is 0.161 e. The second kappa shape index (κ2) is 7.75. The van der Waals surface area contributed by atoms with E-state index in [-0.39, 0.29) is 0 Å². The lowest BCUT2D eigenvalue weighted by Crippen LogP contribution is -2.26. The topological polar surface area (TPSA) is 30.5 Å². The molecule has 0 heterocycles. The van der Waals surface area contributed by atoms with Gasteiger partial charge in [0.2, 0.25) is 0 Å². The van der Waals surface area contributed by atoms with Crippen molar-refractivity contribution in [3.05, 3.63) is 23.8 Å². The van der Waals surface area contributed by atoms with Crippen molar-refractivity contribution in [2.75, 3.05) is 20.8 Å². The molecule has 0 bridgehead atoms. The fraction of sp³-hybridized carbons (Fsp3) is 0.625. The van der Waals surface area contributed by atoms with Crippen LogP contribution in [0.25, 0.3) is 0 Å². The summed E-state index contributed by atoms with van der Waals surface area (Å²) < 4.78 is 10.6. The first-order chi connectivity index (χ1) is 9.72. The van der Waals surface area contributed by atoms with E-state index in [1.807, 2.05) is 12.1 Å². The summed E-state index contributed by atoms with van der Waals surface area (Å²) in [6, 6.07) is 6.06. The predicted molar refractivity (Wildman–Crippen MR) is 82.9 cm³/mol. The molecule has 20 heavy (non-hydrogen) atoms. The molecule has 1 N–H and O–H groups in total. The highest BCUT2D eigenvalue weighted by atomic mass is 35.5. The average molecular weight is 298 g/mol. The van der Waals surface area contributed by atoms with Gasteiger partial charge in [-0.3, -0.25) is 0 Å². The highest BCUT2D eigenvalue weighted by Crippen LogP contribution is 2.28. The SMILES string of the molecule is COc1ccc(CNCC2CCC(Cl)CC2)cc1OC. The first-order valence-electron chi connectivity index (χ1n) is 7.28. The molecule has 1 fully saturated rings. The van der Waals surface area contributed by atoms with Crippen molar-refractivity contribution in [2.45, 2.75) is 37.6 Å². The van der Waals surface area contributed by atoms with E-state index in [4.69, 9.17) is 21.1 Å². The number of ether oxygens (including phenoxy) is 2. The molecule has 0 atom stereocenters. The number of benzene rings is 1. The highest BCUT2D eigenvalue weighted by Gasteiger charge is 2.18. The number of hydrogen-bond acceptors (Lipinski definition) is 3. The van der Waals surface area contributed by atoms with Crippen molar-refractivity contribution < 1.29 is 9.47 Å². The first kappa shape index (κ1) is 15.5. The van der Waals surface area contributed by atoms with Gasteiger partial charge in [0.15, 0.2) is 11.5 Å². The molecule has 1 aromatic carbocycles. The minimum Gasteiger partial charge on any atom is -0.493 e. The number of alkyl halides is 1. The number of rotatable bonds is 6. The summed E-state index contributed by atoms with van der Waals surface area (Å²) in [4.78, 5) is 0. The lowest BCUT2D eigenvalue weighted by molar-refractivity contribution is 0.344. The number of nitrogens with one attached hydrogen (secondary N) is 1. The third-order valence-electron chi connectivity index (χ3n) is 3.99. The smallest absolute Gasteiger partial charge is 0.161 e. The van der Waals surface area contributed by atoms with Crippen LogP contribution in [0.15, 0.2) is 18.2 Å². The summed E-state index contributed by atoms with van der Waals surface area (Å²) in [5.74, 6) is 2.33. The molecule has 0 saturated heterocycles. The van der Waals surface area contributed by atoms with Gasteiger partial charge in [-0.25, -0.2) is 0 Å². The number of hydrogen-bond donors (Lipinski definition) is 1. The van der Waals surface area contributed by atoms with E-state index in [0.717, 1.165) is 43.3 Å². The summed E-state index contributed by atoms with van der Waals surface area (Å²) in [7, 11) is 3.32. The molecule has 0 aliphatic heterocycles. The largest absolute Gasteiger partial charge is 0.493 e. The van der Waals surface area contributed by atoms with Gasteiger partial charge >= 0.3 is 0 Å². The molecule has 112 valence electrons. The molecule has 1 aromatic rings. The molecule has 3 nitrogen and oxygen atoms in total. The Morgan fingerprint density at radius 2 is 1.80 bits per heavy atom. The van der Waals surface area contributed by atoms with E-state index in [9.17, 15) is 0 Å².